The predicted octanol–water partition coefficient (Wildman–Crippen LogP) is 3.99. The fourth-order valence-electron chi connectivity index (χ4n) is 3.64. The zero-order valence-corrected chi connectivity index (χ0v) is 14.2. The minimum absolute atomic E-state index is 0.00363. The summed E-state index contributed by atoms with van der Waals surface area (Å²) in [7, 11) is 0. The quantitative estimate of drug-likeness (QED) is 0.907. The fourth-order valence-corrected chi connectivity index (χ4v) is 3.64. The molecule has 0 saturated carbocycles. The highest BCUT2D eigenvalue weighted by Crippen LogP contribution is 2.39. The molecule has 2 aliphatic rings. The van der Waals surface area contributed by atoms with E-state index in [9.17, 15) is 14.7 Å². The Hall–Kier alpha value is -2.56. The summed E-state index contributed by atoms with van der Waals surface area (Å²) in [6.45, 7) is 6.52. The lowest BCUT2D eigenvalue weighted by Gasteiger charge is -2.24. The third kappa shape index (κ3) is 2.40. The van der Waals surface area contributed by atoms with Gasteiger partial charge in [0, 0.05) is 11.4 Å². The summed E-state index contributed by atoms with van der Waals surface area (Å²) in [6, 6.07) is 9.15. The highest BCUT2D eigenvalue weighted by molar-refractivity contribution is 5.88. The Labute approximate surface area is 141 Å². The van der Waals surface area contributed by atoms with Gasteiger partial charge in [-0.15, -0.1) is 0 Å². The van der Waals surface area contributed by atoms with Crippen LogP contribution < -0.4 is 0 Å². The van der Waals surface area contributed by atoms with Gasteiger partial charge in [-0.2, -0.15) is 0 Å². The first kappa shape index (κ1) is 16.3. The Morgan fingerprint density at radius 3 is 2.62 bits per heavy atom. The molecule has 24 heavy (non-hydrogen) atoms. The number of carbonyl (C=O) groups is 2. The first-order valence-corrected chi connectivity index (χ1v) is 8.40. The molecular formula is C19H22N2O3. The second-order valence-electron chi connectivity index (χ2n) is 5.99. The number of aryl methyl sites for hydroxylation is 2. The van der Waals surface area contributed by atoms with Crippen LogP contribution in [0.4, 0.5) is 4.79 Å². The first-order valence-electron chi connectivity index (χ1n) is 8.40. The van der Waals surface area contributed by atoms with Crippen molar-refractivity contribution in [1.29, 1.82) is 0 Å². The average Bonchev–Trinajstić information content (AvgIpc) is 3.25. The molecule has 126 valence electrons. The third-order valence-electron chi connectivity index (χ3n) is 4.74. The molecule has 1 unspecified atom stereocenters. The molecule has 0 spiro atoms. The van der Waals surface area contributed by atoms with E-state index < -0.39 is 5.97 Å². The monoisotopic (exact) mass is 326 g/mol. The highest BCUT2D eigenvalue weighted by atomic mass is 16.4. The van der Waals surface area contributed by atoms with Crippen LogP contribution >= 0.6 is 0 Å². The summed E-state index contributed by atoms with van der Waals surface area (Å²) in [6.07, 6.45) is 1.74. The average molecular weight is 326 g/mol. The summed E-state index contributed by atoms with van der Waals surface area (Å²) in [5.74, 6) is -0.927. The summed E-state index contributed by atoms with van der Waals surface area (Å²) in [5, 5.41) is 9.18. The smallest absolute Gasteiger partial charge is 0.335 e. The van der Waals surface area contributed by atoms with E-state index in [0.29, 0.717) is 6.54 Å². The molecule has 0 radical (unpaired) electrons. The molecule has 1 N–H and O–H groups in total. The van der Waals surface area contributed by atoms with Gasteiger partial charge in [0.05, 0.1) is 18.2 Å². The molecule has 1 aromatic heterocycles. The van der Waals surface area contributed by atoms with E-state index in [4.69, 9.17) is 0 Å². The van der Waals surface area contributed by atoms with E-state index in [-0.39, 0.29) is 17.6 Å². The van der Waals surface area contributed by atoms with Gasteiger partial charge < -0.3 is 10.0 Å². The number of hydrogen-bond acceptors (Lipinski definition) is 2. The number of carboxylic acids is 1. The Kier molecular flexibility index (Phi) is 4.18. The predicted molar refractivity (Wildman–Crippen MR) is 91.3 cm³/mol. The van der Waals surface area contributed by atoms with Gasteiger partial charge in [-0.1, -0.05) is 19.9 Å². The van der Waals surface area contributed by atoms with Crippen molar-refractivity contribution in [2.45, 2.75) is 46.2 Å². The van der Waals surface area contributed by atoms with Crippen molar-refractivity contribution in [2.24, 2.45) is 0 Å². The zero-order valence-electron chi connectivity index (χ0n) is 14.2. The summed E-state index contributed by atoms with van der Waals surface area (Å²) >= 11 is 0. The molecule has 2 heterocycles. The number of aromatic carboxylic acids is 1. The Bertz CT molecular complexity index is 807. The lowest BCUT2D eigenvalue weighted by Crippen LogP contribution is -2.30. The second kappa shape index (κ2) is 6.15. The van der Waals surface area contributed by atoms with Crippen molar-refractivity contribution in [1.82, 2.24) is 9.47 Å². The van der Waals surface area contributed by atoms with Crippen LogP contribution in [-0.4, -0.2) is 26.6 Å². The zero-order chi connectivity index (χ0) is 17.4. The van der Waals surface area contributed by atoms with E-state index >= 15 is 0 Å². The van der Waals surface area contributed by atoms with E-state index in [1.165, 1.54) is 0 Å². The normalized spacial score (nSPS) is 18.0. The maximum Gasteiger partial charge on any atom is 0.335 e. The largest absolute Gasteiger partial charge is 0.478 e. The fraction of sp³-hybridized carbons (Fsp3) is 0.368. The lowest BCUT2D eigenvalue weighted by atomic mass is 10.0. The maximum atomic E-state index is 12.7. The highest BCUT2D eigenvalue weighted by Gasteiger charge is 2.37. The maximum absolute atomic E-state index is 12.7. The van der Waals surface area contributed by atoms with Crippen LogP contribution in [0.15, 0.2) is 30.3 Å². The van der Waals surface area contributed by atoms with Crippen LogP contribution in [0.5, 0.6) is 0 Å². The molecule has 1 aromatic carbocycles. The Balaban J connectivity index is 0.000000815. The van der Waals surface area contributed by atoms with Crippen LogP contribution in [-0.2, 0) is 13.0 Å². The Morgan fingerprint density at radius 1 is 1.21 bits per heavy atom. The number of fused-ring (bicyclic) bond motifs is 2. The van der Waals surface area contributed by atoms with Gasteiger partial charge in [0.2, 0.25) is 0 Å². The third-order valence-corrected chi connectivity index (χ3v) is 4.74. The number of hydrogen-bond donors (Lipinski definition) is 1. The van der Waals surface area contributed by atoms with Gasteiger partial charge in [0.1, 0.15) is 0 Å². The SMILES string of the molecule is CC.Cc1ccc2n1C(=O)N(C1CCc3ccc(C(=O)O)cc31)C2. The van der Waals surface area contributed by atoms with E-state index in [0.717, 1.165) is 35.4 Å². The second-order valence-corrected chi connectivity index (χ2v) is 5.99. The molecule has 0 bridgehead atoms. The van der Waals surface area contributed by atoms with Crippen molar-refractivity contribution in [3.8, 4) is 0 Å². The topological polar surface area (TPSA) is 62.5 Å². The number of carbonyl (C=O) groups excluding carboxylic acids is 1. The summed E-state index contributed by atoms with van der Waals surface area (Å²) < 4.78 is 1.75. The van der Waals surface area contributed by atoms with Crippen molar-refractivity contribution in [2.75, 3.05) is 0 Å². The van der Waals surface area contributed by atoms with E-state index in [1.54, 1.807) is 16.7 Å². The number of rotatable bonds is 2. The van der Waals surface area contributed by atoms with Gasteiger partial charge >= 0.3 is 12.0 Å². The minimum Gasteiger partial charge on any atom is -0.478 e. The molecular weight excluding hydrogens is 304 g/mol. The van der Waals surface area contributed by atoms with E-state index in [2.05, 4.69) is 0 Å². The molecule has 5 nitrogen and oxygen atoms in total. The molecule has 1 atom stereocenters. The standard InChI is InChI=1S/C17H16N2O3.C2H6/c1-10-2-6-13-9-18(17(22)19(10)13)15-7-5-11-3-4-12(16(20)21)8-14(11)15;1-2/h2-4,6,8,15H,5,7,9H2,1H3,(H,20,21);1-2H3. The molecule has 1 amide bonds. The van der Waals surface area contributed by atoms with Gasteiger partial charge in [-0.3, -0.25) is 4.57 Å². The molecule has 1 aliphatic heterocycles. The van der Waals surface area contributed by atoms with Crippen molar-refractivity contribution in [3.63, 3.8) is 0 Å². The Morgan fingerprint density at radius 2 is 1.96 bits per heavy atom. The van der Waals surface area contributed by atoms with Gasteiger partial charge in [-0.25, -0.2) is 9.59 Å². The van der Waals surface area contributed by atoms with Gasteiger partial charge in [-0.05, 0) is 55.2 Å². The minimum atomic E-state index is -0.927. The van der Waals surface area contributed by atoms with Crippen molar-refractivity contribution < 1.29 is 14.7 Å². The molecule has 4 rings (SSSR count). The van der Waals surface area contributed by atoms with Crippen LogP contribution in [0.25, 0.3) is 0 Å². The van der Waals surface area contributed by atoms with Crippen LogP contribution in [0.1, 0.15) is 59.2 Å². The van der Waals surface area contributed by atoms with Gasteiger partial charge in [0.15, 0.2) is 0 Å². The van der Waals surface area contributed by atoms with Crippen LogP contribution in [0.3, 0.4) is 0 Å². The number of aromatic nitrogens is 1. The molecule has 2 aromatic rings. The number of benzene rings is 1. The van der Waals surface area contributed by atoms with Crippen molar-refractivity contribution in [3.05, 3.63) is 58.4 Å². The first-order chi connectivity index (χ1) is 11.6. The molecule has 1 aliphatic carbocycles. The van der Waals surface area contributed by atoms with Crippen molar-refractivity contribution >= 4 is 12.0 Å². The molecule has 5 heteroatoms. The van der Waals surface area contributed by atoms with Gasteiger partial charge in [0.25, 0.3) is 0 Å². The molecule has 0 saturated heterocycles. The summed E-state index contributed by atoms with van der Waals surface area (Å²) in [5.41, 5.74) is 4.37. The van der Waals surface area contributed by atoms with Crippen LogP contribution in [0, 0.1) is 6.92 Å². The van der Waals surface area contributed by atoms with Crippen LogP contribution in [0.2, 0.25) is 0 Å². The number of nitrogens with zero attached hydrogens (tertiary/aromatic N) is 2. The lowest BCUT2D eigenvalue weighted by molar-refractivity contribution is 0.0696. The molecule has 0 fully saturated rings. The number of amides is 1. The summed E-state index contributed by atoms with van der Waals surface area (Å²) in [4.78, 5) is 25.7. The van der Waals surface area contributed by atoms with E-state index in [1.807, 2.05) is 43.9 Å². The number of carboxylic acid groups (broad SMARTS) is 1.